The fraction of sp³-hybridized carbons (Fsp3) is 0.400. The van der Waals surface area contributed by atoms with E-state index in [-0.39, 0.29) is 47.1 Å². The maximum atomic E-state index is 12.9. The predicted octanol–water partition coefficient (Wildman–Crippen LogP) is -0.123. The van der Waals surface area contributed by atoms with Gasteiger partial charge in [0, 0.05) is 20.1 Å². The van der Waals surface area contributed by atoms with Gasteiger partial charge in [-0.05, 0) is 31.0 Å². The number of aryl methyl sites for hydroxylation is 1. The third-order valence-corrected chi connectivity index (χ3v) is 8.91. The monoisotopic (exact) mass is 427 g/mol. The number of aromatic nitrogens is 4. The van der Waals surface area contributed by atoms with Crippen LogP contribution in [0.25, 0.3) is 11.1 Å². The first-order valence-corrected chi connectivity index (χ1v) is 11.4. The van der Waals surface area contributed by atoms with Crippen molar-refractivity contribution in [2.45, 2.75) is 28.1 Å². The van der Waals surface area contributed by atoms with Gasteiger partial charge in [-0.25, -0.2) is 21.6 Å². The molecule has 2 aromatic heterocycles. The van der Waals surface area contributed by atoms with Crippen LogP contribution in [-0.4, -0.2) is 59.2 Å². The quantitative estimate of drug-likeness (QED) is 0.606. The molecule has 3 aromatic rings. The van der Waals surface area contributed by atoms with Crippen LogP contribution in [0.15, 0.2) is 43.8 Å². The van der Waals surface area contributed by atoms with Crippen molar-refractivity contribution in [1.29, 1.82) is 0 Å². The minimum absolute atomic E-state index is 0.00617. The number of H-pyrrole nitrogens is 1. The summed E-state index contributed by atoms with van der Waals surface area (Å²) in [6.07, 6.45) is 1.61. The Kier molecular flexibility index (Phi) is 4.39. The summed E-state index contributed by atoms with van der Waals surface area (Å²) >= 11 is 0. The van der Waals surface area contributed by atoms with Gasteiger partial charge in [0.2, 0.25) is 25.0 Å². The van der Waals surface area contributed by atoms with Crippen LogP contribution in [-0.2, 0) is 26.9 Å². The van der Waals surface area contributed by atoms with E-state index in [2.05, 4.69) is 15.2 Å². The molecule has 3 heterocycles. The summed E-state index contributed by atoms with van der Waals surface area (Å²) in [6.45, 7) is 0.119. The minimum atomic E-state index is -3.83. The Hall–Kier alpha value is -2.51. The summed E-state index contributed by atoms with van der Waals surface area (Å²) in [5, 5.41) is 6.41. The third kappa shape index (κ3) is 3.04. The highest BCUT2D eigenvalue weighted by atomic mass is 32.2. The smallest absolute Gasteiger partial charge is 0.408 e. The SMILES string of the molecule is Cn1cnnc1S(=O)(=O)C1CCN(S(=O)(=O)c2ccc3oc(=O)[nH]c3c2)CC1. The van der Waals surface area contributed by atoms with Gasteiger partial charge in [-0.3, -0.25) is 4.98 Å². The number of aromatic amines is 1. The number of sulfone groups is 1. The van der Waals surface area contributed by atoms with E-state index >= 15 is 0 Å². The molecule has 0 aliphatic carbocycles. The lowest BCUT2D eigenvalue weighted by Gasteiger charge is -2.30. The highest BCUT2D eigenvalue weighted by Crippen LogP contribution is 2.27. The van der Waals surface area contributed by atoms with Crippen molar-refractivity contribution >= 4 is 31.0 Å². The molecule has 1 saturated heterocycles. The summed E-state index contributed by atoms with van der Waals surface area (Å²) in [6, 6.07) is 4.10. The molecule has 1 aliphatic heterocycles. The van der Waals surface area contributed by atoms with Crippen LogP contribution >= 0.6 is 0 Å². The van der Waals surface area contributed by atoms with Crippen molar-refractivity contribution < 1.29 is 21.3 Å². The normalized spacial score (nSPS) is 17.3. The van der Waals surface area contributed by atoms with Crippen molar-refractivity contribution in [3.05, 3.63) is 35.1 Å². The summed E-state index contributed by atoms with van der Waals surface area (Å²) in [7, 11) is -5.98. The van der Waals surface area contributed by atoms with E-state index in [4.69, 9.17) is 4.42 Å². The standard InChI is InChI=1S/C15H17N5O6S2/c1-19-9-16-18-14(19)27(22,23)10-4-6-20(7-5-10)28(24,25)11-2-3-13-12(8-11)17-15(21)26-13/h2-3,8-10H,4-7H2,1H3,(H,17,21). The number of sulfonamides is 1. The number of benzene rings is 1. The van der Waals surface area contributed by atoms with Crippen LogP contribution < -0.4 is 5.76 Å². The molecule has 0 spiro atoms. The molecule has 1 N–H and O–H groups in total. The lowest BCUT2D eigenvalue weighted by atomic mass is 10.2. The number of piperidine rings is 1. The second-order valence-corrected chi connectivity index (χ2v) is 10.6. The topological polar surface area (TPSA) is 148 Å². The van der Waals surface area contributed by atoms with E-state index < -0.39 is 30.9 Å². The maximum Gasteiger partial charge on any atom is 0.417 e. The van der Waals surface area contributed by atoms with E-state index in [0.717, 1.165) is 0 Å². The van der Waals surface area contributed by atoms with E-state index in [1.165, 1.54) is 33.4 Å². The molecular formula is C15H17N5O6S2. The van der Waals surface area contributed by atoms with Crippen molar-refractivity contribution in [3.63, 3.8) is 0 Å². The first kappa shape index (κ1) is 18.8. The van der Waals surface area contributed by atoms with Gasteiger partial charge in [-0.15, -0.1) is 10.2 Å². The second kappa shape index (κ2) is 6.53. The predicted molar refractivity (Wildman–Crippen MR) is 96.8 cm³/mol. The number of oxazole rings is 1. The average molecular weight is 427 g/mol. The van der Waals surface area contributed by atoms with E-state index in [1.807, 2.05) is 0 Å². The maximum absolute atomic E-state index is 12.9. The van der Waals surface area contributed by atoms with Gasteiger partial charge in [-0.2, -0.15) is 4.31 Å². The molecule has 150 valence electrons. The summed E-state index contributed by atoms with van der Waals surface area (Å²) in [4.78, 5) is 13.7. The zero-order valence-corrected chi connectivity index (χ0v) is 16.4. The highest BCUT2D eigenvalue weighted by molar-refractivity contribution is 7.92. The van der Waals surface area contributed by atoms with Gasteiger partial charge < -0.3 is 8.98 Å². The molecule has 0 saturated carbocycles. The molecule has 28 heavy (non-hydrogen) atoms. The van der Waals surface area contributed by atoms with Crippen LogP contribution in [0, 0.1) is 0 Å². The Bertz CT molecular complexity index is 1300. The Morgan fingerprint density at radius 3 is 2.54 bits per heavy atom. The molecule has 13 heteroatoms. The second-order valence-electron chi connectivity index (χ2n) is 6.55. The van der Waals surface area contributed by atoms with Crippen LogP contribution in [0.1, 0.15) is 12.8 Å². The highest BCUT2D eigenvalue weighted by Gasteiger charge is 2.37. The van der Waals surface area contributed by atoms with Gasteiger partial charge in [0.1, 0.15) is 6.33 Å². The van der Waals surface area contributed by atoms with Gasteiger partial charge in [-0.1, -0.05) is 0 Å². The summed E-state index contributed by atoms with van der Waals surface area (Å²) in [5.41, 5.74) is 0.545. The zero-order valence-electron chi connectivity index (χ0n) is 14.8. The lowest BCUT2D eigenvalue weighted by molar-refractivity contribution is 0.345. The van der Waals surface area contributed by atoms with E-state index in [9.17, 15) is 21.6 Å². The third-order valence-electron chi connectivity index (χ3n) is 4.79. The number of rotatable bonds is 4. The van der Waals surface area contributed by atoms with Crippen LogP contribution in [0.3, 0.4) is 0 Å². The number of hydrogen-bond donors (Lipinski definition) is 1. The van der Waals surface area contributed by atoms with Gasteiger partial charge in [0.25, 0.3) is 0 Å². The van der Waals surface area contributed by atoms with Gasteiger partial charge >= 0.3 is 5.76 Å². The van der Waals surface area contributed by atoms with Crippen molar-refractivity contribution in [2.24, 2.45) is 7.05 Å². The Morgan fingerprint density at radius 1 is 1.18 bits per heavy atom. The first-order chi connectivity index (χ1) is 13.2. The average Bonchev–Trinajstić information content (AvgIpc) is 3.25. The molecule has 0 radical (unpaired) electrons. The molecule has 0 unspecified atom stereocenters. The number of nitrogens with one attached hydrogen (secondary N) is 1. The first-order valence-electron chi connectivity index (χ1n) is 8.40. The Morgan fingerprint density at radius 2 is 1.89 bits per heavy atom. The van der Waals surface area contributed by atoms with Crippen LogP contribution in [0.5, 0.6) is 0 Å². The van der Waals surface area contributed by atoms with E-state index in [0.29, 0.717) is 0 Å². The molecule has 1 aliphatic rings. The number of hydrogen-bond acceptors (Lipinski definition) is 8. The van der Waals surface area contributed by atoms with Crippen LogP contribution in [0.2, 0.25) is 0 Å². The van der Waals surface area contributed by atoms with Crippen LogP contribution in [0.4, 0.5) is 0 Å². The largest absolute Gasteiger partial charge is 0.417 e. The van der Waals surface area contributed by atoms with E-state index in [1.54, 1.807) is 7.05 Å². The van der Waals surface area contributed by atoms with Crippen molar-refractivity contribution in [2.75, 3.05) is 13.1 Å². The lowest BCUT2D eigenvalue weighted by Crippen LogP contribution is -2.42. The van der Waals surface area contributed by atoms with Crippen molar-refractivity contribution in [1.82, 2.24) is 24.1 Å². The number of fused-ring (bicyclic) bond motifs is 1. The van der Waals surface area contributed by atoms with Gasteiger partial charge in [0.15, 0.2) is 5.58 Å². The molecule has 1 aromatic carbocycles. The fourth-order valence-corrected chi connectivity index (χ4v) is 6.54. The van der Waals surface area contributed by atoms with Crippen molar-refractivity contribution in [3.8, 4) is 0 Å². The Balaban J connectivity index is 1.55. The number of nitrogens with zero attached hydrogens (tertiary/aromatic N) is 4. The molecule has 0 bridgehead atoms. The molecule has 11 nitrogen and oxygen atoms in total. The molecule has 4 rings (SSSR count). The molecule has 0 amide bonds. The molecular weight excluding hydrogens is 410 g/mol. The summed E-state index contributed by atoms with van der Waals surface area (Å²) in [5.74, 6) is -0.667. The van der Waals surface area contributed by atoms with Gasteiger partial charge in [0.05, 0.1) is 15.7 Å². The minimum Gasteiger partial charge on any atom is -0.408 e. The fourth-order valence-electron chi connectivity index (χ4n) is 3.30. The Labute approximate surface area is 160 Å². The molecule has 1 fully saturated rings. The zero-order chi connectivity index (χ0) is 20.1. The summed E-state index contributed by atoms with van der Waals surface area (Å²) < 4.78 is 58.7. The molecule has 0 atom stereocenters.